The van der Waals surface area contributed by atoms with E-state index in [0.29, 0.717) is 0 Å². The molecule has 55 heavy (non-hydrogen) atoms. The molecule has 0 radical (unpaired) electrons. The van der Waals surface area contributed by atoms with Crippen LogP contribution >= 0.6 is 0 Å². The maximum atomic E-state index is 6.74. The molecule has 1 aliphatic heterocycles. The Hall–Kier alpha value is -7.36. The average Bonchev–Trinajstić information content (AvgIpc) is 3.56. The average molecular weight is 703 g/mol. The number of para-hydroxylation sites is 3. The van der Waals surface area contributed by atoms with Crippen molar-refractivity contribution in [3.8, 4) is 33.4 Å². The lowest BCUT2D eigenvalue weighted by Gasteiger charge is -2.27. The minimum Gasteiger partial charge on any atom is -0.456 e. The van der Waals surface area contributed by atoms with Crippen LogP contribution in [0.5, 0.6) is 0 Å². The summed E-state index contributed by atoms with van der Waals surface area (Å²) >= 11 is 0. The van der Waals surface area contributed by atoms with Gasteiger partial charge in [-0.15, -0.1) is 0 Å². The molecule has 0 fully saturated rings. The largest absolute Gasteiger partial charge is 0.456 e. The van der Waals surface area contributed by atoms with E-state index in [1.165, 1.54) is 38.7 Å². The number of anilines is 6. The van der Waals surface area contributed by atoms with Crippen LogP contribution in [0, 0.1) is 0 Å². The predicted octanol–water partition coefficient (Wildman–Crippen LogP) is 15.0. The van der Waals surface area contributed by atoms with E-state index in [4.69, 9.17) is 4.42 Å². The van der Waals surface area contributed by atoms with Gasteiger partial charge >= 0.3 is 0 Å². The first-order chi connectivity index (χ1) is 27.3. The first-order valence-corrected chi connectivity index (χ1v) is 18.8. The van der Waals surface area contributed by atoms with Gasteiger partial charge in [0.15, 0.2) is 0 Å². The highest BCUT2D eigenvalue weighted by Crippen LogP contribution is 2.51. The molecule has 0 aliphatic carbocycles. The zero-order valence-electron chi connectivity index (χ0n) is 29.9. The molecule has 2 heterocycles. The molecule has 9 aromatic carbocycles. The van der Waals surface area contributed by atoms with Crippen molar-refractivity contribution in [2.45, 2.75) is 0 Å². The normalized spacial score (nSPS) is 12.0. The summed E-state index contributed by atoms with van der Waals surface area (Å²) < 4.78 is 6.74. The third-order valence-electron chi connectivity index (χ3n) is 11.0. The minimum absolute atomic E-state index is 0.859. The highest BCUT2D eigenvalue weighted by molar-refractivity contribution is 6.08. The molecule has 10 aromatic rings. The van der Waals surface area contributed by atoms with Gasteiger partial charge in [-0.3, -0.25) is 0 Å². The van der Waals surface area contributed by atoms with Gasteiger partial charge in [-0.05, 0) is 100 Å². The van der Waals surface area contributed by atoms with E-state index in [0.717, 1.165) is 61.5 Å². The molecule has 0 saturated heterocycles. The summed E-state index contributed by atoms with van der Waals surface area (Å²) in [6.45, 7) is 0. The summed E-state index contributed by atoms with van der Waals surface area (Å²) in [6, 6.07) is 73.9. The second kappa shape index (κ2) is 12.6. The van der Waals surface area contributed by atoms with Gasteiger partial charge < -0.3 is 14.2 Å². The van der Waals surface area contributed by atoms with Gasteiger partial charge in [0.2, 0.25) is 0 Å². The van der Waals surface area contributed by atoms with Crippen molar-refractivity contribution >= 4 is 66.8 Å². The SMILES string of the molecule is c1ccc(N2c3ccccc3-c3ccccc3-c3cc(-c4ccc5c(c4)oc4cc(N(c6ccccc6)c6cccc7ccccc67)ccc45)ccc32)cc1. The Labute approximate surface area is 319 Å². The molecule has 3 heteroatoms. The number of fused-ring (bicyclic) bond motifs is 9. The molecule has 11 rings (SSSR count). The van der Waals surface area contributed by atoms with Crippen LogP contribution in [0.3, 0.4) is 0 Å². The lowest BCUT2D eigenvalue weighted by Crippen LogP contribution is -2.10. The Kier molecular flexibility index (Phi) is 7.17. The standard InChI is InChI=1S/C52H34N2O/c1-3-16-38(17-4-1)53(48-25-13-15-35-14-7-8-20-41(35)48)40-28-30-46-45-29-26-37(33-51(45)55-52(46)34-40)36-27-31-50-47(32-36)43-22-10-9-21-42(43)44-23-11-12-24-49(44)54(50)39-18-5-2-6-19-39/h1-34H. The van der Waals surface area contributed by atoms with Crippen molar-refractivity contribution in [3.05, 3.63) is 206 Å². The summed E-state index contributed by atoms with van der Waals surface area (Å²) in [4.78, 5) is 4.72. The molecular formula is C52H34N2O. The zero-order valence-corrected chi connectivity index (χ0v) is 29.9. The van der Waals surface area contributed by atoms with E-state index < -0.39 is 0 Å². The number of rotatable bonds is 5. The molecule has 0 atom stereocenters. The molecular weight excluding hydrogens is 669 g/mol. The van der Waals surface area contributed by atoms with Crippen LogP contribution in [0.1, 0.15) is 0 Å². The maximum Gasteiger partial charge on any atom is 0.137 e. The number of furan rings is 1. The van der Waals surface area contributed by atoms with E-state index in [1.807, 2.05) is 0 Å². The van der Waals surface area contributed by atoms with Gasteiger partial charge in [0, 0.05) is 50.4 Å². The minimum atomic E-state index is 0.859. The van der Waals surface area contributed by atoms with Gasteiger partial charge in [0.05, 0.1) is 17.1 Å². The van der Waals surface area contributed by atoms with Crippen molar-refractivity contribution in [1.82, 2.24) is 0 Å². The zero-order chi connectivity index (χ0) is 36.3. The third-order valence-corrected chi connectivity index (χ3v) is 11.0. The summed E-state index contributed by atoms with van der Waals surface area (Å²) in [5.41, 5.74) is 15.6. The molecule has 1 aromatic heterocycles. The monoisotopic (exact) mass is 702 g/mol. The fourth-order valence-corrected chi connectivity index (χ4v) is 8.45. The Balaban J connectivity index is 1.04. The lowest BCUT2D eigenvalue weighted by molar-refractivity contribution is 0.669. The second-order valence-corrected chi connectivity index (χ2v) is 14.1. The van der Waals surface area contributed by atoms with Crippen LogP contribution in [0.15, 0.2) is 211 Å². The van der Waals surface area contributed by atoms with Gasteiger partial charge in [-0.25, -0.2) is 0 Å². The molecule has 0 N–H and O–H groups in total. The molecule has 0 bridgehead atoms. The molecule has 0 saturated carbocycles. The van der Waals surface area contributed by atoms with Gasteiger partial charge in [0.1, 0.15) is 11.2 Å². The van der Waals surface area contributed by atoms with Gasteiger partial charge in [-0.2, -0.15) is 0 Å². The topological polar surface area (TPSA) is 19.6 Å². The molecule has 3 nitrogen and oxygen atoms in total. The molecule has 258 valence electrons. The van der Waals surface area contributed by atoms with Crippen molar-refractivity contribution in [3.63, 3.8) is 0 Å². The van der Waals surface area contributed by atoms with Gasteiger partial charge in [-0.1, -0.05) is 127 Å². The fraction of sp³-hybridized carbons (Fsp3) is 0. The third kappa shape index (κ3) is 5.13. The summed E-state index contributed by atoms with van der Waals surface area (Å²) in [5.74, 6) is 0. The first-order valence-electron chi connectivity index (χ1n) is 18.8. The maximum absolute atomic E-state index is 6.74. The molecule has 0 unspecified atom stereocenters. The Morgan fingerprint density at radius 1 is 0.364 bits per heavy atom. The van der Waals surface area contributed by atoms with E-state index in [2.05, 4.69) is 216 Å². The van der Waals surface area contributed by atoms with Crippen molar-refractivity contribution in [2.75, 3.05) is 9.80 Å². The number of hydrogen-bond donors (Lipinski definition) is 0. The van der Waals surface area contributed by atoms with Crippen molar-refractivity contribution in [2.24, 2.45) is 0 Å². The molecule has 0 spiro atoms. The molecule has 1 aliphatic rings. The lowest BCUT2D eigenvalue weighted by atomic mass is 9.92. The van der Waals surface area contributed by atoms with Crippen LogP contribution in [0.25, 0.3) is 66.1 Å². The van der Waals surface area contributed by atoms with Crippen molar-refractivity contribution < 1.29 is 4.42 Å². The smallest absolute Gasteiger partial charge is 0.137 e. The Morgan fingerprint density at radius 3 is 1.80 bits per heavy atom. The molecule has 0 amide bonds. The van der Waals surface area contributed by atoms with Gasteiger partial charge in [0.25, 0.3) is 0 Å². The Bertz CT molecular complexity index is 3050. The van der Waals surface area contributed by atoms with Crippen LogP contribution < -0.4 is 9.80 Å². The van der Waals surface area contributed by atoms with E-state index in [9.17, 15) is 0 Å². The number of nitrogens with zero attached hydrogens (tertiary/aromatic N) is 2. The van der Waals surface area contributed by atoms with Crippen LogP contribution in [0.2, 0.25) is 0 Å². The van der Waals surface area contributed by atoms with Crippen LogP contribution in [-0.2, 0) is 0 Å². The highest BCUT2D eigenvalue weighted by Gasteiger charge is 2.26. The quantitative estimate of drug-likeness (QED) is 0.178. The summed E-state index contributed by atoms with van der Waals surface area (Å²) in [5, 5.41) is 4.61. The van der Waals surface area contributed by atoms with Crippen LogP contribution in [-0.4, -0.2) is 0 Å². The van der Waals surface area contributed by atoms with Crippen molar-refractivity contribution in [1.29, 1.82) is 0 Å². The summed E-state index contributed by atoms with van der Waals surface area (Å²) in [6.07, 6.45) is 0. The van der Waals surface area contributed by atoms with Crippen LogP contribution in [0.4, 0.5) is 34.1 Å². The van der Waals surface area contributed by atoms with E-state index in [-0.39, 0.29) is 0 Å². The first kappa shape index (κ1) is 31.2. The number of benzene rings is 9. The van der Waals surface area contributed by atoms with E-state index in [1.54, 1.807) is 0 Å². The number of hydrogen-bond acceptors (Lipinski definition) is 3. The summed E-state index contributed by atoms with van der Waals surface area (Å²) in [7, 11) is 0. The predicted molar refractivity (Wildman–Crippen MR) is 230 cm³/mol. The second-order valence-electron chi connectivity index (χ2n) is 14.1. The fourth-order valence-electron chi connectivity index (χ4n) is 8.45. The van der Waals surface area contributed by atoms with E-state index >= 15 is 0 Å². The highest BCUT2D eigenvalue weighted by atomic mass is 16.3. The Morgan fingerprint density at radius 2 is 0.964 bits per heavy atom.